The summed E-state index contributed by atoms with van der Waals surface area (Å²) in [6.45, 7) is 8.24. The van der Waals surface area contributed by atoms with Crippen molar-refractivity contribution in [1.29, 1.82) is 0 Å². The second-order valence-electron chi connectivity index (χ2n) is 7.32. The summed E-state index contributed by atoms with van der Waals surface area (Å²) in [6, 6.07) is 0. The second-order valence-corrected chi connectivity index (χ2v) is 7.32. The fourth-order valence-electron chi connectivity index (χ4n) is 4.02. The van der Waals surface area contributed by atoms with E-state index in [1.54, 1.807) is 13.0 Å². The van der Waals surface area contributed by atoms with Gasteiger partial charge in [-0.3, -0.25) is 9.69 Å². The van der Waals surface area contributed by atoms with Crippen LogP contribution in [0, 0.1) is 11.3 Å². The Bertz CT molecular complexity index is 415. The topological polar surface area (TPSA) is 40.5 Å². The molecule has 0 aromatic heterocycles. The third kappa shape index (κ3) is 1.60. The highest BCUT2D eigenvalue weighted by atomic mass is 16.3. The van der Waals surface area contributed by atoms with Gasteiger partial charge in [0.05, 0.1) is 17.1 Å². The van der Waals surface area contributed by atoms with E-state index in [4.69, 9.17) is 0 Å². The minimum atomic E-state index is -0.884. The van der Waals surface area contributed by atoms with Crippen molar-refractivity contribution >= 4 is 5.78 Å². The first kappa shape index (κ1) is 13.8. The maximum atomic E-state index is 12.4. The Balaban J connectivity index is 2.60. The molecule has 18 heavy (non-hydrogen) atoms. The van der Waals surface area contributed by atoms with Crippen LogP contribution >= 0.6 is 0 Å². The van der Waals surface area contributed by atoms with Crippen molar-refractivity contribution in [3.63, 3.8) is 0 Å². The van der Waals surface area contributed by atoms with E-state index in [2.05, 4.69) is 25.7 Å². The number of fused-ring (bicyclic) bond motifs is 1. The Hall–Kier alpha value is -0.670. The molecule has 102 valence electrons. The first-order valence-electron chi connectivity index (χ1n) is 6.70. The molecule has 2 rings (SSSR count). The SMILES string of the molecule is CN(C)[C@@]12CC[C@](C)(O)C1C(=O)C=C2C(C)(C)C. The summed E-state index contributed by atoms with van der Waals surface area (Å²) >= 11 is 0. The van der Waals surface area contributed by atoms with Gasteiger partial charge in [0, 0.05) is 0 Å². The number of hydrogen-bond donors (Lipinski definition) is 1. The van der Waals surface area contributed by atoms with Crippen LogP contribution in [0.1, 0.15) is 40.5 Å². The highest BCUT2D eigenvalue weighted by molar-refractivity contribution is 5.99. The first-order chi connectivity index (χ1) is 8.03. The third-order valence-electron chi connectivity index (χ3n) is 4.76. The summed E-state index contributed by atoms with van der Waals surface area (Å²) in [4.78, 5) is 14.5. The number of carbonyl (C=O) groups is 1. The van der Waals surface area contributed by atoms with Crippen LogP contribution in [0.4, 0.5) is 0 Å². The Morgan fingerprint density at radius 2 is 1.89 bits per heavy atom. The molecule has 1 N–H and O–H groups in total. The molecule has 3 heteroatoms. The zero-order chi connectivity index (χ0) is 13.9. The van der Waals surface area contributed by atoms with Gasteiger partial charge < -0.3 is 5.11 Å². The lowest BCUT2D eigenvalue weighted by Gasteiger charge is -2.45. The number of likely N-dealkylation sites (N-methyl/N-ethyl adjacent to an activating group) is 1. The first-order valence-corrected chi connectivity index (χ1v) is 6.70. The van der Waals surface area contributed by atoms with E-state index in [-0.39, 0.29) is 22.7 Å². The zero-order valence-corrected chi connectivity index (χ0v) is 12.4. The molecule has 0 aromatic rings. The van der Waals surface area contributed by atoms with Gasteiger partial charge in [0.15, 0.2) is 5.78 Å². The molecule has 3 nitrogen and oxygen atoms in total. The largest absolute Gasteiger partial charge is 0.389 e. The molecule has 0 spiro atoms. The number of aliphatic hydroxyl groups is 1. The maximum absolute atomic E-state index is 12.4. The monoisotopic (exact) mass is 251 g/mol. The van der Waals surface area contributed by atoms with Crippen LogP contribution in [0.5, 0.6) is 0 Å². The predicted molar refractivity (Wildman–Crippen MR) is 72.3 cm³/mol. The molecular weight excluding hydrogens is 226 g/mol. The van der Waals surface area contributed by atoms with Crippen LogP contribution in [0.25, 0.3) is 0 Å². The molecule has 0 bridgehead atoms. The molecule has 2 aliphatic carbocycles. The van der Waals surface area contributed by atoms with Crippen molar-refractivity contribution in [2.24, 2.45) is 11.3 Å². The van der Waals surface area contributed by atoms with E-state index >= 15 is 0 Å². The molecule has 0 aliphatic heterocycles. The van der Waals surface area contributed by atoms with Crippen molar-refractivity contribution in [3.05, 3.63) is 11.6 Å². The van der Waals surface area contributed by atoms with Crippen LogP contribution in [0.2, 0.25) is 0 Å². The molecule has 1 saturated carbocycles. The Morgan fingerprint density at radius 1 is 1.33 bits per heavy atom. The van der Waals surface area contributed by atoms with Gasteiger partial charge in [0.2, 0.25) is 0 Å². The van der Waals surface area contributed by atoms with Crippen LogP contribution < -0.4 is 0 Å². The van der Waals surface area contributed by atoms with Crippen molar-refractivity contribution in [1.82, 2.24) is 4.90 Å². The van der Waals surface area contributed by atoms with Crippen LogP contribution in [-0.4, -0.2) is 41.0 Å². The summed E-state index contributed by atoms with van der Waals surface area (Å²) in [7, 11) is 4.04. The number of nitrogens with zero attached hydrogens (tertiary/aromatic N) is 1. The summed E-state index contributed by atoms with van der Waals surface area (Å²) in [5.41, 5.74) is -0.0496. The van der Waals surface area contributed by atoms with Gasteiger partial charge in [-0.2, -0.15) is 0 Å². The highest BCUT2D eigenvalue weighted by Crippen LogP contribution is 2.57. The van der Waals surface area contributed by atoms with Crippen molar-refractivity contribution in [2.75, 3.05) is 14.1 Å². The molecule has 3 atom stereocenters. The number of hydrogen-bond acceptors (Lipinski definition) is 3. The van der Waals surface area contributed by atoms with Gasteiger partial charge in [-0.25, -0.2) is 0 Å². The van der Waals surface area contributed by atoms with E-state index in [0.29, 0.717) is 6.42 Å². The van der Waals surface area contributed by atoms with Crippen LogP contribution in [0.3, 0.4) is 0 Å². The van der Waals surface area contributed by atoms with Gasteiger partial charge in [0.25, 0.3) is 0 Å². The quantitative estimate of drug-likeness (QED) is 0.775. The summed E-state index contributed by atoms with van der Waals surface area (Å²) < 4.78 is 0. The van der Waals surface area contributed by atoms with Gasteiger partial charge in [0.1, 0.15) is 0 Å². The number of carbonyl (C=O) groups excluding carboxylic acids is 1. The predicted octanol–water partition coefficient (Wildman–Crippen LogP) is 2.00. The molecule has 0 heterocycles. The number of rotatable bonds is 1. The van der Waals surface area contributed by atoms with Gasteiger partial charge in [-0.1, -0.05) is 20.8 Å². The number of allylic oxidation sites excluding steroid dienone is 1. The molecule has 1 unspecified atom stereocenters. The molecule has 0 amide bonds. The smallest absolute Gasteiger partial charge is 0.163 e. The van der Waals surface area contributed by atoms with E-state index in [1.807, 2.05) is 14.1 Å². The number of ketones is 1. The van der Waals surface area contributed by atoms with Gasteiger partial charge >= 0.3 is 0 Å². The van der Waals surface area contributed by atoms with E-state index in [0.717, 1.165) is 6.42 Å². The molecular formula is C15H25NO2. The Labute approximate surface area is 110 Å². The summed E-state index contributed by atoms with van der Waals surface area (Å²) in [5.74, 6) is -0.217. The average Bonchev–Trinajstić information content (AvgIpc) is 2.63. The summed E-state index contributed by atoms with van der Waals surface area (Å²) in [6.07, 6.45) is 3.33. The molecule has 2 aliphatic rings. The molecule has 0 aromatic carbocycles. The fraction of sp³-hybridized carbons (Fsp3) is 0.800. The van der Waals surface area contributed by atoms with Crippen molar-refractivity contribution < 1.29 is 9.90 Å². The molecule has 1 fully saturated rings. The fourth-order valence-corrected chi connectivity index (χ4v) is 4.02. The van der Waals surface area contributed by atoms with Crippen molar-refractivity contribution in [2.45, 2.75) is 51.7 Å². The lowest BCUT2D eigenvalue weighted by atomic mass is 9.71. The van der Waals surface area contributed by atoms with Crippen LogP contribution in [-0.2, 0) is 4.79 Å². The Kier molecular flexibility index (Phi) is 2.81. The van der Waals surface area contributed by atoms with E-state index in [1.165, 1.54) is 5.57 Å². The average molecular weight is 251 g/mol. The van der Waals surface area contributed by atoms with E-state index < -0.39 is 5.60 Å². The lowest BCUT2D eigenvalue weighted by molar-refractivity contribution is -0.127. The maximum Gasteiger partial charge on any atom is 0.163 e. The van der Waals surface area contributed by atoms with Crippen LogP contribution in [0.15, 0.2) is 11.6 Å². The zero-order valence-electron chi connectivity index (χ0n) is 12.4. The molecule has 0 saturated heterocycles. The van der Waals surface area contributed by atoms with Crippen molar-refractivity contribution in [3.8, 4) is 0 Å². The lowest BCUT2D eigenvalue weighted by Crippen LogP contribution is -2.54. The normalized spacial score (nSPS) is 40.3. The van der Waals surface area contributed by atoms with Gasteiger partial charge in [-0.15, -0.1) is 0 Å². The highest BCUT2D eigenvalue weighted by Gasteiger charge is 2.64. The Morgan fingerprint density at radius 3 is 2.33 bits per heavy atom. The van der Waals surface area contributed by atoms with E-state index in [9.17, 15) is 9.90 Å². The van der Waals surface area contributed by atoms with Gasteiger partial charge in [-0.05, 0) is 50.9 Å². The minimum Gasteiger partial charge on any atom is -0.389 e. The standard InChI is InChI=1S/C15H25NO2/c1-13(2,3)11-9-10(17)12-14(4,18)7-8-15(11,12)16(5)6/h9,12,18H,7-8H2,1-6H3/t12?,14-,15+/m0/s1. The molecule has 0 radical (unpaired) electrons. The third-order valence-corrected chi connectivity index (χ3v) is 4.76. The second kappa shape index (κ2) is 3.67. The minimum absolute atomic E-state index is 0.0465. The summed E-state index contributed by atoms with van der Waals surface area (Å²) in [5, 5.41) is 10.6.